The van der Waals surface area contributed by atoms with E-state index in [2.05, 4.69) is 0 Å². The van der Waals surface area contributed by atoms with E-state index in [0.29, 0.717) is 19.5 Å². The number of nitro groups is 1. The molecule has 3 rings (SSSR count). The van der Waals surface area contributed by atoms with Gasteiger partial charge in [-0.2, -0.15) is 0 Å². The van der Waals surface area contributed by atoms with Crippen LogP contribution in [0.15, 0.2) is 30.3 Å². The number of hydrogen-bond acceptors (Lipinski definition) is 4. The van der Waals surface area contributed by atoms with Gasteiger partial charge in [-0.3, -0.25) is 14.9 Å². The summed E-state index contributed by atoms with van der Waals surface area (Å²) < 4.78 is 0. The molecule has 1 aromatic carbocycles. The van der Waals surface area contributed by atoms with Crippen molar-refractivity contribution in [3.63, 3.8) is 0 Å². The highest BCUT2D eigenvalue weighted by atomic mass is 16.6. The number of nitro benzene ring substituents is 1. The van der Waals surface area contributed by atoms with Crippen LogP contribution in [0.25, 0.3) is 6.08 Å². The van der Waals surface area contributed by atoms with Crippen molar-refractivity contribution in [3.8, 4) is 0 Å². The number of carbonyl (C=O) groups is 1. The predicted molar refractivity (Wildman–Crippen MR) is 90.2 cm³/mol. The molecule has 2 atom stereocenters. The smallest absolute Gasteiger partial charge is 0.269 e. The molecule has 6 heteroatoms. The monoisotopic (exact) mass is 330 g/mol. The Morgan fingerprint density at radius 1 is 1.29 bits per heavy atom. The Balaban J connectivity index is 1.61. The van der Waals surface area contributed by atoms with Crippen LogP contribution in [0.1, 0.15) is 37.7 Å². The van der Waals surface area contributed by atoms with Crippen molar-refractivity contribution in [2.45, 2.75) is 37.7 Å². The highest BCUT2D eigenvalue weighted by Gasteiger charge is 2.43. The summed E-state index contributed by atoms with van der Waals surface area (Å²) in [5.41, 5.74) is 0.197. The van der Waals surface area contributed by atoms with E-state index in [1.54, 1.807) is 23.1 Å². The highest BCUT2D eigenvalue weighted by Crippen LogP contribution is 2.39. The lowest BCUT2D eigenvalue weighted by Crippen LogP contribution is -2.54. The molecule has 0 aromatic heterocycles. The molecule has 1 N–H and O–H groups in total. The summed E-state index contributed by atoms with van der Waals surface area (Å²) in [6.45, 7) is 1.19. The maximum Gasteiger partial charge on any atom is 0.269 e. The molecule has 1 aliphatic carbocycles. The number of nitrogens with zero attached hydrogens (tertiary/aromatic N) is 2. The van der Waals surface area contributed by atoms with Crippen LogP contribution in [0.2, 0.25) is 0 Å². The lowest BCUT2D eigenvalue weighted by molar-refractivity contribution is -0.384. The second kappa shape index (κ2) is 6.73. The zero-order valence-corrected chi connectivity index (χ0v) is 13.6. The van der Waals surface area contributed by atoms with Crippen molar-refractivity contribution in [2.75, 3.05) is 13.1 Å². The Morgan fingerprint density at radius 3 is 2.75 bits per heavy atom. The molecule has 1 heterocycles. The summed E-state index contributed by atoms with van der Waals surface area (Å²) in [4.78, 5) is 24.4. The van der Waals surface area contributed by atoms with Gasteiger partial charge in [0.25, 0.3) is 5.69 Å². The number of fused-ring (bicyclic) bond motifs is 1. The van der Waals surface area contributed by atoms with Crippen LogP contribution in [0, 0.1) is 16.0 Å². The third kappa shape index (κ3) is 3.48. The first-order chi connectivity index (χ1) is 11.5. The Morgan fingerprint density at radius 2 is 2.04 bits per heavy atom. The normalized spacial score (nSPS) is 27.0. The van der Waals surface area contributed by atoms with E-state index in [4.69, 9.17) is 0 Å². The van der Waals surface area contributed by atoms with Crippen LogP contribution in [-0.4, -0.2) is 39.5 Å². The van der Waals surface area contributed by atoms with E-state index < -0.39 is 10.5 Å². The number of aliphatic hydroxyl groups is 1. The number of piperidine rings is 1. The lowest BCUT2D eigenvalue weighted by Gasteiger charge is -2.47. The summed E-state index contributed by atoms with van der Waals surface area (Å²) >= 11 is 0. The van der Waals surface area contributed by atoms with Gasteiger partial charge in [0.15, 0.2) is 0 Å². The molecule has 1 saturated carbocycles. The number of carbonyl (C=O) groups excluding carboxylic acids is 1. The summed E-state index contributed by atoms with van der Waals surface area (Å²) in [6, 6.07) is 6.09. The van der Waals surface area contributed by atoms with Gasteiger partial charge < -0.3 is 10.0 Å². The Kier molecular flexibility index (Phi) is 4.66. The molecule has 0 unspecified atom stereocenters. The average Bonchev–Trinajstić information content (AvgIpc) is 2.59. The summed E-state index contributed by atoms with van der Waals surface area (Å²) in [6.07, 6.45) is 7.84. The minimum atomic E-state index is -0.586. The number of hydrogen-bond donors (Lipinski definition) is 1. The van der Waals surface area contributed by atoms with Crippen molar-refractivity contribution in [1.82, 2.24) is 4.90 Å². The van der Waals surface area contributed by atoms with Crippen LogP contribution >= 0.6 is 0 Å². The molecular formula is C18H22N2O4. The summed E-state index contributed by atoms with van der Waals surface area (Å²) in [5, 5.41) is 21.3. The van der Waals surface area contributed by atoms with Crippen molar-refractivity contribution in [2.24, 2.45) is 5.92 Å². The van der Waals surface area contributed by atoms with Gasteiger partial charge >= 0.3 is 0 Å². The van der Waals surface area contributed by atoms with E-state index in [9.17, 15) is 20.0 Å². The minimum Gasteiger partial charge on any atom is -0.389 e. The van der Waals surface area contributed by atoms with Gasteiger partial charge in [-0.05, 0) is 43.0 Å². The fourth-order valence-electron chi connectivity index (χ4n) is 3.75. The first-order valence-electron chi connectivity index (χ1n) is 8.42. The molecule has 0 spiro atoms. The molecule has 1 amide bonds. The van der Waals surface area contributed by atoms with Crippen LogP contribution in [0.4, 0.5) is 5.69 Å². The average molecular weight is 330 g/mol. The second-order valence-corrected chi connectivity index (χ2v) is 6.76. The van der Waals surface area contributed by atoms with Crippen molar-refractivity contribution >= 4 is 17.7 Å². The predicted octanol–water partition coefficient (Wildman–Crippen LogP) is 2.76. The largest absolute Gasteiger partial charge is 0.389 e. The molecule has 0 radical (unpaired) electrons. The van der Waals surface area contributed by atoms with Crippen molar-refractivity contribution in [3.05, 3.63) is 46.0 Å². The Hall–Kier alpha value is -2.21. The molecule has 0 bridgehead atoms. The standard InChI is InChI=1S/C18H22N2O4/c21-17(9-6-14-4-7-16(8-5-14)20(23)24)19-12-11-18(22)10-2-1-3-15(18)13-19/h4-9,15,22H,1-3,10-13H2/b9-6+/t15-,18+/m0/s1. The van der Waals surface area contributed by atoms with Gasteiger partial charge in [0.1, 0.15) is 0 Å². The Labute approximate surface area is 140 Å². The fourth-order valence-corrected chi connectivity index (χ4v) is 3.75. The number of likely N-dealkylation sites (tertiary alicyclic amines) is 1. The maximum absolute atomic E-state index is 12.4. The molecule has 128 valence electrons. The lowest BCUT2D eigenvalue weighted by atomic mass is 9.71. The third-order valence-corrected chi connectivity index (χ3v) is 5.26. The third-order valence-electron chi connectivity index (χ3n) is 5.26. The first kappa shape index (κ1) is 16.6. The van der Waals surface area contributed by atoms with Gasteiger partial charge in [-0.15, -0.1) is 0 Å². The number of amides is 1. The number of non-ortho nitro benzene ring substituents is 1. The van der Waals surface area contributed by atoms with E-state index in [1.807, 2.05) is 0 Å². The van der Waals surface area contributed by atoms with Crippen molar-refractivity contribution < 1.29 is 14.8 Å². The second-order valence-electron chi connectivity index (χ2n) is 6.76. The topological polar surface area (TPSA) is 83.7 Å². The van der Waals surface area contributed by atoms with Gasteiger partial charge in [-0.25, -0.2) is 0 Å². The summed E-state index contributed by atoms with van der Waals surface area (Å²) in [7, 11) is 0. The molecule has 1 aliphatic heterocycles. The molecule has 2 aliphatic rings. The van der Waals surface area contributed by atoms with E-state index in [-0.39, 0.29) is 17.5 Å². The quantitative estimate of drug-likeness (QED) is 0.525. The van der Waals surface area contributed by atoms with Gasteiger partial charge in [0.05, 0.1) is 10.5 Å². The number of benzene rings is 1. The first-order valence-corrected chi connectivity index (χ1v) is 8.42. The van der Waals surface area contributed by atoms with Gasteiger partial charge in [0.2, 0.25) is 5.91 Å². The van der Waals surface area contributed by atoms with E-state index >= 15 is 0 Å². The minimum absolute atomic E-state index is 0.0334. The molecular weight excluding hydrogens is 308 g/mol. The van der Waals surface area contributed by atoms with Crippen molar-refractivity contribution in [1.29, 1.82) is 0 Å². The number of rotatable bonds is 3. The zero-order valence-electron chi connectivity index (χ0n) is 13.6. The van der Waals surface area contributed by atoms with Crippen LogP contribution in [0.5, 0.6) is 0 Å². The van der Waals surface area contributed by atoms with E-state index in [0.717, 1.165) is 31.2 Å². The van der Waals surface area contributed by atoms with Crippen LogP contribution < -0.4 is 0 Å². The molecule has 1 saturated heterocycles. The molecule has 1 aromatic rings. The zero-order chi connectivity index (χ0) is 17.2. The molecule has 6 nitrogen and oxygen atoms in total. The highest BCUT2D eigenvalue weighted by molar-refractivity contribution is 5.91. The SMILES string of the molecule is O=C(/C=C/c1ccc([N+](=O)[O-])cc1)N1CC[C@]2(O)CCCC[C@H]2C1. The van der Waals surface area contributed by atoms with Crippen LogP contribution in [-0.2, 0) is 4.79 Å². The van der Waals surface area contributed by atoms with Gasteiger partial charge in [-0.1, -0.05) is 12.8 Å². The summed E-state index contributed by atoms with van der Waals surface area (Å²) in [5.74, 6) is 0.109. The van der Waals surface area contributed by atoms with E-state index in [1.165, 1.54) is 18.2 Å². The fraction of sp³-hybridized carbons (Fsp3) is 0.500. The Bertz CT molecular complexity index is 655. The van der Waals surface area contributed by atoms with Gasteiger partial charge in [0, 0.05) is 37.2 Å². The van der Waals surface area contributed by atoms with Crippen LogP contribution in [0.3, 0.4) is 0 Å². The molecule has 2 fully saturated rings. The molecule has 24 heavy (non-hydrogen) atoms. The maximum atomic E-state index is 12.4.